The predicted octanol–water partition coefficient (Wildman–Crippen LogP) is 2.04. The molecule has 0 aliphatic carbocycles. The average molecular weight is 620 g/mol. The Hall–Kier alpha value is -5.93. The normalized spacial score (nSPS) is 11.7. The van der Waals surface area contributed by atoms with Crippen molar-refractivity contribution in [2.75, 3.05) is 26.1 Å². The maximum Gasteiger partial charge on any atom is 0.298 e. The number of nitro benzene ring substituents is 1. The van der Waals surface area contributed by atoms with Crippen LogP contribution in [0.25, 0.3) is 11.0 Å². The Kier molecular flexibility index (Phi) is 9.35. The monoisotopic (exact) mass is 619 g/mol. The topological polar surface area (TPSA) is 217 Å². The molecule has 0 bridgehead atoms. The van der Waals surface area contributed by atoms with Crippen LogP contribution >= 0.6 is 0 Å². The van der Waals surface area contributed by atoms with Gasteiger partial charge >= 0.3 is 0 Å². The van der Waals surface area contributed by atoms with Crippen LogP contribution in [-0.4, -0.2) is 62.3 Å². The fourth-order valence-electron chi connectivity index (χ4n) is 4.87. The third-order valence-electron chi connectivity index (χ3n) is 6.99. The average Bonchev–Trinajstić information content (AvgIpc) is 3.52. The van der Waals surface area contributed by atoms with E-state index >= 15 is 0 Å². The van der Waals surface area contributed by atoms with Crippen LogP contribution < -0.4 is 31.9 Å². The first-order valence-corrected chi connectivity index (χ1v) is 13.7. The first-order chi connectivity index (χ1) is 21.4. The van der Waals surface area contributed by atoms with E-state index in [4.69, 9.17) is 20.9 Å². The second-order valence-corrected chi connectivity index (χ2v) is 9.83. The smallest absolute Gasteiger partial charge is 0.298 e. The molecular weight excluding hydrogens is 586 g/mol. The molecule has 0 aliphatic heterocycles. The van der Waals surface area contributed by atoms with Crippen molar-refractivity contribution in [3.63, 3.8) is 0 Å². The first kappa shape index (κ1) is 32.0. The molecule has 5 N–H and O–H groups in total. The minimum Gasteiger partial charge on any atom is -0.494 e. The van der Waals surface area contributed by atoms with E-state index in [-0.39, 0.29) is 47.0 Å². The number of amides is 3. The van der Waals surface area contributed by atoms with Crippen LogP contribution in [0.2, 0.25) is 0 Å². The van der Waals surface area contributed by atoms with Gasteiger partial charge in [-0.25, -0.2) is 0 Å². The fraction of sp³-hybridized carbons (Fsp3) is 0.276. The summed E-state index contributed by atoms with van der Waals surface area (Å²) in [4.78, 5) is 52.6. The van der Waals surface area contributed by atoms with Crippen molar-refractivity contribution >= 4 is 40.1 Å². The molecule has 2 aromatic heterocycles. The second-order valence-electron chi connectivity index (χ2n) is 9.83. The lowest BCUT2D eigenvalue weighted by atomic mass is 10.1. The van der Waals surface area contributed by atoms with E-state index in [1.807, 2.05) is 6.92 Å². The highest BCUT2D eigenvalue weighted by Crippen LogP contribution is 2.35. The molecule has 4 rings (SSSR count). The number of benzene rings is 2. The number of anilines is 1. The highest BCUT2D eigenvalue weighted by molar-refractivity contribution is 5.99. The number of nitro groups is 1. The summed E-state index contributed by atoms with van der Waals surface area (Å²) in [6.07, 6.45) is 3.47. The summed E-state index contributed by atoms with van der Waals surface area (Å²) in [6, 6.07) is 7.15. The Balaban J connectivity index is 1.76. The van der Waals surface area contributed by atoms with Crippen LogP contribution in [0.15, 0.2) is 47.5 Å². The van der Waals surface area contributed by atoms with Gasteiger partial charge in [-0.05, 0) is 38.1 Å². The maximum atomic E-state index is 13.4. The Morgan fingerprint density at radius 2 is 1.69 bits per heavy atom. The number of aromatic nitrogens is 4. The molecule has 16 nitrogen and oxygen atoms in total. The standard InChI is InChI=1S/C29H33N9O7/c1-6-37-21(11-16(2)34-37)28(41)33-29-35(3)20-13-18(27(31)40)15-23(45-5)25(20)36(29)10-8-7-9-32-24-19(38(42)43)12-17(26(30)39)14-22(24)44-4/h7-8,11-15,32H,6,9-10H2,1-5H3,(H2,30,39)(H2,31,40)/b8-7+,33-29+. The number of carbonyl (C=O) groups is 3. The second kappa shape index (κ2) is 13.2. The van der Waals surface area contributed by atoms with Gasteiger partial charge in [0, 0.05) is 43.9 Å². The van der Waals surface area contributed by atoms with Gasteiger partial charge in [0.1, 0.15) is 22.7 Å². The molecule has 0 saturated carbocycles. The number of fused-ring (bicyclic) bond motifs is 1. The van der Waals surface area contributed by atoms with Gasteiger partial charge in [-0.15, -0.1) is 0 Å². The van der Waals surface area contributed by atoms with E-state index in [0.717, 1.165) is 6.07 Å². The Labute approximate surface area is 256 Å². The zero-order valence-corrected chi connectivity index (χ0v) is 25.4. The summed E-state index contributed by atoms with van der Waals surface area (Å²) < 4.78 is 15.8. The van der Waals surface area contributed by atoms with Gasteiger partial charge in [0.25, 0.3) is 11.6 Å². The largest absolute Gasteiger partial charge is 0.494 e. The van der Waals surface area contributed by atoms with Crippen LogP contribution in [0.3, 0.4) is 0 Å². The van der Waals surface area contributed by atoms with Crippen molar-refractivity contribution in [1.29, 1.82) is 0 Å². The van der Waals surface area contributed by atoms with Crippen molar-refractivity contribution in [1.82, 2.24) is 18.9 Å². The third kappa shape index (κ3) is 6.39. The van der Waals surface area contributed by atoms with Crippen molar-refractivity contribution in [2.45, 2.75) is 26.9 Å². The van der Waals surface area contributed by atoms with Crippen LogP contribution in [0.1, 0.15) is 43.8 Å². The minimum atomic E-state index is -0.831. The number of rotatable bonds is 12. The molecule has 4 aromatic rings. The Morgan fingerprint density at radius 1 is 1.04 bits per heavy atom. The Morgan fingerprint density at radius 3 is 2.29 bits per heavy atom. The summed E-state index contributed by atoms with van der Waals surface area (Å²) in [6.45, 7) is 4.43. The molecule has 0 fully saturated rings. The molecule has 0 saturated heterocycles. The molecule has 2 aromatic carbocycles. The number of methoxy groups -OCH3 is 2. The summed E-state index contributed by atoms with van der Waals surface area (Å²) in [7, 11) is 4.47. The number of nitrogens with zero attached hydrogens (tertiary/aromatic N) is 6. The van der Waals surface area contributed by atoms with Crippen LogP contribution in [0.4, 0.5) is 11.4 Å². The lowest BCUT2D eigenvalue weighted by molar-refractivity contribution is -0.384. The maximum absolute atomic E-state index is 13.4. The lowest BCUT2D eigenvalue weighted by Gasteiger charge is -2.11. The third-order valence-corrected chi connectivity index (χ3v) is 6.99. The summed E-state index contributed by atoms with van der Waals surface area (Å²) in [5, 5.41) is 19.0. The summed E-state index contributed by atoms with van der Waals surface area (Å²) >= 11 is 0. The molecule has 3 amide bonds. The van der Waals surface area contributed by atoms with E-state index < -0.39 is 22.6 Å². The van der Waals surface area contributed by atoms with Crippen molar-refractivity contribution in [3.05, 3.63) is 80.7 Å². The molecule has 0 aliphatic rings. The number of hydrogen-bond donors (Lipinski definition) is 3. The van der Waals surface area contributed by atoms with Crippen molar-refractivity contribution in [2.24, 2.45) is 23.5 Å². The number of nitrogens with one attached hydrogen (secondary N) is 1. The number of ether oxygens (including phenoxy) is 2. The van der Waals surface area contributed by atoms with E-state index in [2.05, 4.69) is 15.4 Å². The highest BCUT2D eigenvalue weighted by Gasteiger charge is 2.22. The van der Waals surface area contributed by atoms with Crippen LogP contribution in [0, 0.1) is 17.0 Å². The zero-order chi connectivity index (χ0) is 33.0. The van der Waals surface area contributed by atoms with Gasteiger partial charge in [-0.1, -0.05) is 12.2 Å². The van der Waals surface area contributed by atoms with Gasteiger partial charge in [0.05, 0.1) is 30.4 Å². The van der Waals surface area contributed by atoms with Crippen LogP contribution in [0.5, 0.6) is 11.5 Å². The minimum absolute atomic E-state index is 0.0663. The fourth-order valence-corrected chi connectivity index (χ4v) is 4.87. The SMILES string of the molecule is CCn1nc(C)cc1C(=O)/N=c1\n(C)c2cc(C(N)=O)cc(OC)c2n1C/C=C/CNc1c(OC)cc(C(N)=O)cc1[N+](=O)[O-]. The van der Waals surface area contributed by atoms with E-state index in [9.17, 15) is 24.5 Å². The predicted molar refractivity (Wildman–Crippen MR) is 164 cm³/mol. The van der Waals surface area contributed by atoms with Gasteiger partial charge in [0.15, 0.2) is 5.69 Å². The molecule has 0 radical (unpaired) electrons. The van der Waals surface area contributed by atoms with Crippen molar-refractivity contribution in [3.8, 4) is 11.5 Å². The van der Waals surface area contributed by atoms with E-state index in [0.29, 0.717) is 34.7 Å². The number of primary amides is 2. The summed E-state index contributed by atoms with van der Waals surface area (Å²) in [5.74, 6) is -1.59. The van der Waals surface area contributed by atoms with E-state index in [1.54, 1.807) is 52.1 Å². The molecule has 0 spiro atoms. The molecular formula is C29H33N9O7. The molecule has 16 heteroatoms. The number of nitrogens with two attached hydrogens (primary N) is 2. The van der Waals surface area contributed by atoms with Gasteiger partial charge in [-0.3, -0.25) is 29.2 Å². The van der Waals surface area contributed by atoms with Crippen molar-refractivity contribution < 1.29 is 28.8 Å². The number of imidazole rings is 1. The van der Waals surface area contributed by atoms with Gasteiger partial charge < -0.3 is 35.4 Å². The van der Waals surface area contributed by atoms with E-state index in [1.165, 1.54) is 26.4 Å². The van der Waals surface area contributed by atoms with Crippen LogP contribution in [-0.2, 0) is 20.1 Å². The zero-order valence-electron chi connectivity index (χ0n) is 25.4. The van der Waals surface area contributed by atoms with Gasteiger partial charge in [0.2, 0.25) is 17.4 Å². The Bertz CT molecular complexity index is 1930. The highest BCUT2D eigenvalue weighted by atomic mass is 16.6. The first-order valence-electron chi connectivity index (χ1n) is 13.7. The number of carbonyl (C=O) groups excluding carboxylic acids is 3. The lowest BCUT2D eigenvalue weighted by Crippen LogP contribution is -2.26. The quantitative estimate of drug-likeness (QED) is 0.120. The number of aryl methyl sites for hydroxylation is 3. The molecule has 45 heavy (non-hydrogen) atoms. The molecule has 0 atom stereocenters. The number of allylic oxidation sites excluding steroid dienone is 1. The summed E-state index contributed by atoms with van der Waals surface area (Å²) in [5.41, 5.74) is 13.0. The molecule has 236 valence electrons. The molecule has 2 heterocycles. The van der Waals surface area contributed by atoms with Gasteiger partial charge in [-0.2, -0.15) is 10.1 Å². The molecule has 0 unspecified atom stereocenters. The number of hydrogen-bond acceptors (Lipinski definition) is 9.